The zero-order valence-corrected chi connectivity index (χ0v) is 62.7. The molecule has 2 aliphatic heterocycles. The molecule has 96 heavy (non-hydrogen) atoms. The summed E-state index contributed by atoms with van der Waals surface area (Å²) in [4.78, 5) is 175. The van der Waals surface area contributed by atoms with Crippen molar-refractivity contribution < 1.29 is 72.4 Å². The minimum absolute atomic E-state index is 0.0223. The van der Waals surface area contributed by atoms with E-state index in [0.29, 0.717) is 19.6 Å². The number of allylic oxidation sites excluding steroid dienone is 1. The van der Waals surface area contributed by atoms with E-state index in [0.717, 1.165) is 35.9 Å². The minimum Gasteiger partial charge on any atom is -0.392 e. The molecule has 0 unspecified atom stereocenters. The Morgan fingerprint density at radius 2 is 1.03 bits per heavy atom. The van der Waals surface area contributed by atoms with Gasteiger partial charge in [0.15, 0.2) is 11.6 Å². The molecule has 14 atom stereocenters. The Balaban J connectivity index is 3.02. The highest BCUT2D eigenvalue weighted by Gasteiger charge is 2.46. The zero-order chi connectivity index (χ0) is 73.5. The number of nitrogens with one attached hydrogen (secondary N) is 2. The number of aliphatic hydroxyl groups is 2. The second kappa shape index (κ2) is 40.9. The first kappa shape index (κ1) is 86.2. The summed E-state index contributed by atoms with van der Waals surface area (Å²) in [7, 11) is 9.99. The van der Waals surface area contributed by atoms with Gasteiger partial charge in [-0.15, -0.1) is 0 Å². The summed E-state index contributed by atoms with van der Waals surface area (Å²) in [6, 6.07) is -11.4. The SMILES string of the molecule is CC[C@@H]1NC(=O)[C@H]([C@H](O)[C@H](C)C/C=C/CO)N(C)C(=O)[C@H](C(C)C)N(C)C(=O)[C@H](CC(C)C)N(C)C(=O)[C@H](CC(C)C)N(C)C(=O)[C@@H](C)NC(=O)[C@H](C)CC(=O)[C@H](CC(C)C)N(C)C(=O)[C@H](C(C)C)CC(=O)[C@H]([C@@H](C)OCCCCN2CCOCC2)N(C)C(=O)[C@@H](C)N(C)C1=O. The molecule has 0 saturated carbocycles. The van der Waals surface area contributed by atoms with Crippen molar-refractivity contribution in [3.63, 3.8) is 0 Å². The Kier molecular flexibility index (Phi) is 36.7. The second-order valence-electron chi connectivity index (χ2n) is 29.2. The molecule has 2 aliphatic rings. The number of ketones is 2. The molecule has 0 radical (unpaired) electrons. The van der Waals surface area contributed by atoms with Crippen LogP contribution in [0.25, 0.3) is 0 Å². The van der Waals surface area contributed by atoms with Gasteiger partial charge in [-0.05, 0) is 108 Å². The summed E-state index contributed by atoms with van der Waals surface area (Å²) in [5, 5.41) is 27.3. The van der Waals surface area contributed by atoms with Crippen LogP contribution in [0.15, 0.2) is 12.2 Å². The Morgan fingerprint density at radius 1 is 0.531 bits per heavy atom. The number of likely N-dealkylation sites (N-methyl/N-ethyl adjacent to an activating group) is 7. The fourth-order valence-corrected chi connectivity index (χ4v) is 12.9. The molecule has 4 N–H and O–H groups in total. The molecule has 0 aromatic heterocycles. The Bertz CT molecular complexity index is 2590. The topological polar surface area (TPSA) is 297 Å². The highest BCUT2D eigenvalue weighted by atomic mass is 16.5. The van der Waals surface area contributed by atoms with E-state index in [9.17, 15) is 39.0 Å². The van der Waals surface area contributed by atoms with E-state index in [2.05, 4.69) is 15.5 Å². The lowest BCUT2D eigenvalue weighted by atomic mass is 9.85. The summed E-state index contributed by atoms with van der Waals surface area (Å²) in [6.07, 6.45) is 1.93. The summed E-state index contributed by atoms with van der Waals surface area (Å²) in [6.45, 7) is 31.4. The van der Waals surface area contributed by atoms with Gasteiger partial charge in [0.2, 0.25) is 53.2 Å². The number of nitrogens with zero attached hydrogens (tertiary/aromatic N) is 8. The van der Waals surface area contributed by atoms with Crippen molar-refractivity contribution in [3.8, 4) is 0 Å². The van der Waals surface area contributed by atoms with E-state index >= 15 is 24.0 Å². The van der Waals surface area contributed by atoms with Crippen LogP contribution in [0.1, 0.15) is 169 Å². The average molecular weight is 1360 g/mol. The van der Waals surface area contributed by atoms with Gasteiger partial charge in [0.25, 0.3) is 0 Å². The first-order chi connectivity index (χ1) is 44.7. The van der Waals surface area contributed by atoms with Crippen LogP contribution in [0, 0.1) is 47.3 Å². The number of amides is 9. The number of carbonyl (C=O) groups excluding carboxylic acids is 11. The number of morpholine rings is 1. The number of aliphatic hydroxyl groups excluding tert-OH is 2. The fourth-order valence-electron chi connectivity index (χ4n) is 12.9. The summed E-state index contributed by atoms with van der Waals surface area (Å²) in [5.74, 6) is -11.2. The standard InChI is InChI=1S/C71H126N10O15/c1-24-53-68(91)74(17)50(15)66(89)79(22)60(51(16)96-34-28-26-30-81-31-35-95-36-32-81)58(84)41-52(45(8)9)67(90)75(18)54(37-42(2)3)57(83)40-48(13)63(86)72-49(14)65(88)76(19)55(38-43(4)5)69(92)77(20)56(39-44(6)7)70(93)78(21)59(46(10)11)71(94)80(23)61(64(87)73-53)62(85)47(12)29-25-27-33-82/h25,27,42-56,59-62,82,85H,24,26,28-41H2,1-23H3,(H,72,86)(H,73,87)/b27-25+/t47-,48-,49-,50-,51-,52+,53+,54+,55+,56+,59+,60+,61+,62-/m1/s1. The second-order valence-corrected chi connectivity index (χ2v) is 29.2. The number of hydrogen-bond acceptors (Lipinski definition) is 16. The molecule has 25 heteroatoms. The monoisotopic (exact) mass is 1360 g/mol. The van der Waals surface area contributed by atoms with Crippen molar-refractivity contribution in [2.24, 2.45) is 47.3 Å². The van der Waals surface area contributed by atoms with Gasteiger partial charge in [0.1, 0.15) is 48.3 Å². The van der Waals surface area contributed by atoms with E-state index < -0.39 is 161 Å². The van der Waals surface area contributed by atoms with Gasteiger partial charge in [0, 0.05) is 93.7 Å². The summed E-state index contributed by atoms with van der Waals surface area (Å²) < 4.78 is 11.9. The van der Waals surface area contributed by atoms with Crippen LogP contribution in [-0.4, -0.2) is 276 Å². The van der Waals surface area contributed by atoms with Gasteiger partial charge in [0.05, 0.1) is 38.1 Å². The zero-order valence-electron chi connectivity index (χ0n) is 62.7. The molecule has 2 fully saturated rings. The molecule has 2 saturated heterocycles. The van der Waals surface area contributed by atoms with E-state index in [-0.39, 0.29) is 75.9 Å². The lowest BCUT2D eigenvalue weighted by molar-refractivity contribution is -0.157. The van der Waals surface area contributed by atoms with Gasteiger partial charge >= 0.3 is 0 Å². The van der Waals surface area contributed by atoms with Crippen LogP contribution in [0.4, 0.5) is 0 Å². The number of carbonyl (C=O) groups is 11. The molecule has 0 bridgehead atoms. The minimum atomic E-state index is -1.69. The molecule has 0 spiro atoms. The predicted molar refractivity (Wildman–Crippen MR) is 369 cm³/mol. The largest absolute Gasteiger partial charge is 0.392 e. The van der Waals surface area contributed by atoms with Gasteiger partial charge in [-0.3, -0.25) is 57.6 Å². The maximum Gasteiger partial charge on any atom is 0.246 e. The molecule has 25 nitrogen and oxygen atoms in total. The average Bonchev–Trinajstić information content (AvgIpc) is 0.813. The molecule has 0 aromatic rings. The third-order valence-electron chi connectivity index (χ3n) is 19.3. The number of Topliss-reactive ketones (excluding diaryl/α,β-unsaturated/α-hetero) is 2. The Hall–Kier alpha value is -5.89. The Morgan fingerprint density at radius 3 is 1.54 bits per heavy atom. The number of unbranched alkanes of at least 4 members (excludes halogenated alkanes) is 1. The third-order valence-corrected chi connectivity index (χ3v) is 19.3. The van der Waals surface area contributed by atoms with Crippen LogP contribution >= 0.6 is 0 Å². The maximum absolute atomic E-state index is 15.3. The number of rotatable bonds is 21. The fraction of sp³-hybridized carbons (Fsp3) is 0.817. The van der Waals surface area contributed by atoms with Crippen molar-refractivity contribution in [2.75, 3.05) is 95.4 Å². The van der Waals surface area contributed by atoms with E-state index in [1.807, 2.05) is 41.5 Å². The van der Waals surface area contributed by atoms with Crippen molar-refractivity contribution >= 4 is 64.7 Å². The molecule has 2 rings (SSSR count). The maximum atomic E-state index is 15.3. The van der Waals surface area contributed by atoms with Gasteiger partial charge in [-0.25, -0.2) is 0 Å². The van der Waals surface area contributed by atoms with E-state index in [1.165, 1.54) is 93.8 Å². The smallest absolute Gasteiger partial charge is 0.246 e. The lowest BCUT2D eigenvalue weighted by Gasteiger charge is -2.41. The summed E-state index contributed by atoms with van der Waals surface area (Å²) >= 11 is 0. The molecule has 0 aliphatic carbocycles. The van der Waals surface area contributed by atoms with Gasteiger partial charge in [-0.1, -0.05) is 102 Å². The molecule has 550 valence electrons. The van der Waals surface area contributed by atoms with E-state index in [4.69, 9.17) is 9.47 Å². The van der Waals surface area contributed by atoms with Crippen molar-refractivity contribution in [3.05, 3.63) is 12.2 Å². The van der Waals surface area contributed by atoms with Crippen LogP contribution < -0.4 is 10.6 Å². The first-order valence-electron chi connectivity index (χ1n) is 35.1. The van der Waals surface area contributed by atoms with Crippen molar-refractivity contribution in [1.82, 2.24) is 49.8 Å². The number of ether oxygens (including phenoxy) is 2. The van der Waals surface area contributed by atoms with Crippen molar-refractivity contribution in [1.29, 1.82) is 0 Å². The van der Waals surface area contributed by atoms with Crippen molar-refractivity contribution in [2.45, 2.75) is 235 Å². The quantitative estimate of drug-likeness (QED) is 0.0921. The number of hydrogen-bond donors (Lipinski definition) is 4. The molecule has 9 amide bonds. The third kappa shape index (κ3) is 24.5. The summed E-state index contributed by atoms with van der Waals surface area (Å²) in [5.41, 5.74) is 0. The predicted octanol–water partition coefficient (Wildman–Crippen LogP) is 4.28. The lowest BCUT2D eigenvalue weighted by Crippen LogP contribution is -2.64. The highest BCUT2D eigenvalue weighted by Crippen LogP contribution is 2.29. The van der Waals surface area contributed by atoms with Gasteiger partial charge < -0.3 is 64.6 Å². The molecule has 0 aromatic carbocycles. The Labute approximate surface area is 574 Å². The van der Waals surface area contributed by atoms with E-state index in [1.54, 1.807) is 61.5 Å². The normalized spacial score (nSPS) is 27.6. The molecular weight excluding hydrogens is 1230 g/mol. The van der Waals surface area contributed by atoms with Gasteiger partial charge in [-0.2, -0.15) is 0 Å². The molecular formula is C71H126N10O15. The highest BCUT2D eigenvalue weighted by molar-refractivity contribution is 6.00. The molecule has 2 heterocycles. The van der Waals surface area contributed by atoms with Crippen LogP contribution in [0.5, 0.6) is 0 Å². The van der Waals surface area contributed by atoms with Crippen LogP contribution in [-0.2, 0) is 62.2 Å². The van der Waals surface area contributed by atoms with Crippen LogP contribution in [0.3, 0.4) is 0 Å². The van der Waals surface area contributed by atoms with Crippen LogP contribution in [0.2, 0.25) is 0 Å². The first-order valence-corrected chi connectivity index (χ1v) is 35.1.